The number of benzene rings is 3. The number of halogens is 2. The Balaban J connectivity index is 1.71. The number of carbonyl (C=O) groups excluding carboxylic acids is 2. The van der Waals surface area contributed by atoms with Gasteiger partial charge in [-0.3, -0.25) is 4.79 Å². The maximum atomic E-state index is 12.4. The van der Waals surface area contributed by atoms with Crippen molar-refractivity contribution in [3.05, 3.63) is 93.0 Å². The molecule has 3 aromatic rings. The number of hydrogen-bond acceptors (Lipinski definition) is 5. The van der Waals surface area contributed by atoms with Crippen LogP contribution in [-0.4, -0.2) is 24.7 Å². The highest BCUT2D eigenvalue weighted by Gasteiger charge is 2.13. The van der Waals surface area contributed by atoms with Gasteiger partial charge in [-0.1, -0.05) is 40.9 Å². The van der Waals surface area contributed by atoms with Crippen molar-refractivity contribution in [1.82, 2.24) is 5.43 Å². The number of hydrogen-bond donors (Lipinski definition) is 1. The highest BCUT2D eigenvalue weighted by Crippen LogP contribution is 2.29. The van der Waals surface area contributed by atoms with Crippen LogP contribution in [0.1, 0.15) is 38.8 Å². The smallest absolute Gasteiger partial charge is 0.343 e. The first-order chi connectivity index (χ1) is 15.4. The van der Waals surface area contributed by atoms with Crippen molar-refractivity contribution in [3.8, 4) is 11.5 Å². The SMILES string of the molecule is CCOc1cc(/C=N/NC(=O)c2ccc(Cl)cc2Cl)ccc1OC(=O)c1ccc(C)cc1. The van der Waals surface area contributed by atoms with Crippen molar-refractivity contribution in [2.75, 3.05) is 6.61 Å². The molecule has 6 nitrogen and oxygen atoms in total. The molecule has 0 spiro atoms. The fourth-order valence-electron chi connectivity index (χ4n) is 2.71. The van der Waals surface area contributed by atoms with Crippen LogP contribution in [0.4, 0.5) is 0 Å². The van der Waals surface area contributed by atoms with E-state index in [0.29, 0.717) is 28.5 Å². The number of carbonyl (C=O) groups is 2. The Morgan fingerprint density at radius 1 is 1.00 bits per heavy atom. The summed E-state index contributed by atoms with van der Waals surface area (Å²) < 4.78 is 11.1. The number of nitrogens with one attached hydrogen (secondary N) is 1. The Kier molecular flexibility index (Phi) is 7.87. The van der Waals surface area contributed by atoms with E-state index in [0.717, 1.165) is 5.56 Å². The summed E-state index contributed by atoms with van der Waals surface area (Å²) in [5.74, 6) is -0.299. The van der Waals surface area contributed by atoms with Gasteiger partial charge in [0.05, 0.1) is 29.0 Å². The van der Waals surface area contributed by atoms with Gasteiger partial charge in [0.15, 0.2) is 11.5 Å². The first kappa shape index (κ1) is 23.3. The van der Waals surface area contributed by atoms with Gasteiger partial charge < -0.3 is 9.47 Å². The van der Waals surface area contributed by atoms with E-state index < -0.39 is 11.9 Å². The third kappa shape index (κ3) is 6.09. The molecule has 0 bridgehead atoms. The molecule has 0 radical (unpaired) electrons. The molecule has 3 rings (SSSR count). The fraction of sp³-hybridized carbons (Fsp3) is 0.125. The van der Waals surface area contributed by atoms with E-state index in [9.17, 15) is 9.59 Å². The second-order valence-corrected chi connectivity index (χ2v) is 7.56. The lowest BCUT2D eigenvalue weighted by atomic mass is 10.1. The van der Waals surface area contributed by atoms with Crippen LogP contribution in [0.5, 0.6) is 11.5 Å². The number of ether oxygens (including phenoxy) is 2. The lowest BCUT2D eigenvalue weighted by Gasteiger charge is -2.11. The monoisotopic (exact) mass is 470 g/mol. The van der Waals surface area contributed by atoms with Gasteiger partial charge in [-0.2, -0.15) is 5.10 Å². The number of nitrogens with zero attached hydrogens (tertiary/aromatic N) is 1. The van der Waals surface area contributed by atoms with Crippen molar-refractivity contribution in [2.45, 2.75) is 13.8 Å². The molecule has 0 aromatic heterocycles. The van der Waals surface area contributed by atoms with E-state index in [1.807, 2.05) is 26.0 Å². The molecule has 164 valence electrons. The van der Waals surface area contributed by atoms with E-state index >= 15 is 0 Å². The molecule has 0 unspecified atom stereocenters. The van der Waals surface area contributed by atoms with Gasteiger partial charge in [-0.25, -0.2) is 10.2 Å². The van der Waals surface area contributed by atoms with Crippen LogP contribution in [0, 0.1) is 6.92 Å². The second-order valence-electron chi connectivity index (χ2n) is 6.72. The summed E-state index contributed by atoms with van der Waals surface area (Å²) in [6, 6.07) is 16.6. The third-order valence-electron chi connectivity index (χ3n) is 4.31. The predicted molar refractivity (Wildman–Crippen MR) is 125 cm³/mol. The van der Waals surface area contributed by atoms with Gasteiger partial charge in [0, 0.05) is 5.02 Å². The van der Waals surface area contributed by atoms with Gasteiger partial charge in [-0.15, -0.1) is 0 Å². The molecule has 0 heterocycles. The molecule has 0 saturated heterocycles. The third-order valence-corrected chi connectivity index (χ3v) is 4.86. The van der Waals surface area contributed by atoms with E-state index in [1.165, 1.54) is 18.3 Å². The van der Waals surface area contributed by atoms with Gasteiger partial charge in [0.1, 0.15) is 0 Å². The molecule has 0 atom stereocenters. The fourth-order valence-corrected chi connectivity index (χ4v) is 3.20. The zero-order valence-electron chi connectivity index (χ0n) is 17.4. The van der Waals surface area contributed by atoms with E-state index in [2.05, 4.69) is 10.5 Å². The van der Waals surface area contributed by atoms with Gasteiger partial charge >= 0.3 is 5.97 Å². The Bertz CT molecular complexity index is 1160. The van der Waals surface area contributed by atoms with Crippen LogP contribution in [0.3, 0.4) is 0 Å². The predicted octanol–water partition coefficient (Wildman–Crippen LogP) is 5.68. The Morgan fingerprint density at radius 2 is 1.75 bits per heavy atom. The maximum absolute atomic E-state index is 12.4. The number of hydrazone groups is 1. The van der Waals surface area contributed by atoms with Crippen LogP contribution in [0.2, 0.25) is 10.0 Å². The highest BCUT2D eigenvalue weighted by atomic mass is 35.5. The van der Waals surface area contributed by atoms with E-state index in [-0.39, 0.29) is 16.3 Å². The number of aryl methyl sites for hydroxylation is 1. The molecular formula is C24H20Cl2N2O4. The lowest BCUT2D eigenvalue weighted by molar-refractivity contribution is 0.0728. The average Bonchev–Trinajstić information content (AvgIpc) is 2.76. The Hall–Kier alpha value is -3.35. The minimum Gasteiger partial charge on any atom is -0.490 e. The summed E-state index contributed by atoms with van der Waals surface area (Å²) in [6.07, 6.45) is 1.44. The van der Waals surface area contributed by atoms with Gasteiger partial charge in [0.2, 0.25) is 0 Å². The number of rotatable bonds is 7. The molecule has 0 aliphatic rings. The van der Waals surface area contributed by atoms with Crippen LogP contribution in [0.15, 0.2) is 65.8 Å². The summed E-state index contributed by atoms with van der Waals surface area (Å²) in [5, 5.41) is 4.61. The molecule has 32 heavy (non-hydrogen) atoms. The molecule has 0 saturated carbocycles. The summed E-state index contributed by atoms with van der Waals surface area (Å²) in [6.45, 7) is 4.14. The molecule has 0 aliphatic heterocycles. The minimum absolute atomic E-state index is 0.226. The summed E-state index contributed by atoms with van der Waals surface area (Å²) in [5.41, 5.74) is 4.78. The maximum Gasteiger partial charge on any atom is 0.343 e. The van der Waals surface area contributed by atoms with Gasteiger partial charge in [-0.05, 0) is 67.9 Å². The molecule has 3 aromatic carbocycles. The van der Waals surface area contributed by atoms with E-state index in [4.69, 9.17) is 32.7 Å². The van der Waals surface area contributed by atoms with Gasteiger partial charge in [0.25, 0.3) is 5.91 Å². The zero-order chi connectivity index (χ0) is 23.1. The van der Waals surface area contributed by atoms with Crippen LogP contribution >= 0.6 is 23.2 Å². The summed E-state index contributed by atoms with van der Waals surface area (Å²) >= 11 is 11.9. The minimum atomic E-state index is -0.487. The van der Waals surface area contributed by atoms with Crippen molar-refractivity contribution >= 4 is 41.3 Å². The highest BCUT2D eigenvalue weighted by molar-refractivity contribution is 6.36. The van der Waals surface area contributed by atoms with Crippen LogP contribution in [0.25, 0.3) is 0 Å². The van der Waals surface area contributed by atoms with Crippen LogP contribution in [-0.2, 0) is 0 Å². The van der Waals surface area contributed by atoms with Crippen molar-refractivity contribution < 1.29 is 19.1 Å². The number of esters is 1. The molecule has 0 fully saturated rings. The summed E-state index contributed by atoms with van der Waals surface area (Å²) in [4.78, 5) is 24.7. The van der Waals surface area contributed by atoms with E-state index in [1.54, 1.807) is 36.4 Å². The Morgan fingerprint density at radius 3 is 2.44 bits per heavy atom. The first-order valence-corrected chi connectivity index (χ1v) is 10.5. The zero-order valence-corrected chi connectivity index (χ0v) is 18.9. The Labute approximate surface area is 195 Å². The lowest BCUT2D eigenvalue weighted by Crippen LogP contribution is -2.18. The largest absolute Gasteiger partial charge is 0.490 e. The normalized spacial score (nSPS) is 10.8. The van der Waals surface area contributed by atoms with Crippen LogP contribution < -0.4 is 14.9 Å². The first-order valence-electron chi connectivity index (χ1n) is 9.71. The number of amides is 1. The molecule has 0 aliphatic carbocycles. The van der Waals surface area contributed by atoms with Crippen molar-refractivity contribution in [1.29, 1.82) is 0 Å². The second kappa shape index (κ2) is 10.8. The standard InChI is InChI=1S/C24H20Cl2N2O4/c1-3-31-22-12-16(14-27-28-23(29)19-10-9-18(25)13-20(19)26)6-11-21(22)32-24(30)17-7-4-15(2)5-8-17/h4-14H,3H2,1-2H3,(H,28,29)/b27-14+. The average molecular weight is 471 g/mol. The quantitative estimate of drug-likeness (QED) is 0.208. The summed E-state index contributed by atoms with van der Waals surface area (Å²) in [7, 11) is 0. The molecular weight excluding hydrogens is 451 g/mol. The molecule has 1 N–H and O–H groups in total. The van der Waals surface area contributed by atoms with Crippen molar-refractivity contribution in [2.24, 2.45) is 5.10 Å². The molecule has 8 heteroatoms. The topological polar surface area (TPSA) is 77.0 Å². The van der Waals surface area contributed by atoms with Crippen molar-refractivity contribution in [3.63, 3.8) is 0 Å². The molecule has 1 amide bonds.